The third-order valence-electron chi connectivity index (χ3n) is 3.78. The van der Waals surface area contributed by atoms with E-state index in [1.165, 1.54) is 43.8 Å². The highest BCUT2D eigenvalue weighted by Crippen LogP contribution is 2.30. The van der Waals surface area contributed by atoms with Crippen molar-refractivity contribution in [2.75, 3.05) is 24.3 Å². The molecule has 1 amide bonds. The lowest BCUT2D eigenvalue weighted by Crippen LogP contribution is -2.15. The Morgan fingerprint density at radius 3 is 2.43 bits per heavy atom. The van der Waals surface area contributed by atoms with Crippen LogP contribution in [0.2, 0.25) is 0 Å². The molecule has 0 aliphatic heterocycles. The second-order valence-corrected chi connectivity index (χ2v) is 8.23. The van der Waals surface area contributed by atoms with Gasteiger partial charge in [0.15, 0.2) is 0 Å². The van der Waals surface area contributed by atoms with Gasteiger partial charge >= 0.3 is 0 Å². The number of anilines is 2. The minimum absolute atomic E-state index is 0.0534. The Kier molecular flexibility index (Phi) is 5.86. The van der Waals surface area contributed by atoms with Crippen LogP contribution >= 0.6 is 11.3 Å². The second kappa shape index (κ2) is 8.32. The van der Waals surface area contributed by atoms with E-state index in [-0.39, 0.29) is 16.6 Å². The summed E-state index contributed by atoms with van der Waals surface area (Å²) in [7, 11) is -1.10. The Morgan fingerprint density at radius 2 is 1.75 bits per heavy atom. The minimum Gasteiger partial charge on any atom is -0.497 e. The van der Waals surface area contributed by atoms with Gasteiger partial charge < -0.3 is 14.8 Å². The molecular weight excluding hydrogens is 400 g/mol. The molecule has 0 atom stereocenters. The van der Waals surface area contributed by atoms with Gasteiger partial charge in [-0.3, -0.25) is 9.52 Å². The first-order valence-electron chi connectivity index (χ1n) is 8.13. The zero-order chi connectivity index (χ0) is 20.1. The topological polar surface area (TPSA) is 93.7 Å². The fraction of sp³-hybridized carbons (Fsp3) is 0.105. The van der Waals surface area contributed by atoms with Crippen molar-refractivity contribution >= 4 is 38.6 Å². The van der Waals surface area contributed by atoms with Crippen LogP contribution in [-0.2, 0) is 10.0 Å². The molecule has 0 saturated heterocycles. The van der Waals surface area contributed by atoms with E-state index in [0.29, 0.717) is 22.0 Å². The van der Waals surface area contributed by atoms with E-state index in [1.807, 2.05) is 0 Å². The third kappa shape index (κ3) is 4.44. The van der Waals surface area contributed by atoms with Crippen LogP contribution < -0.4 is 19.5 Å². The number of rotatable bonds is 7. The van der Waals surface area contributed by atoms with Gasteiger partial charge in [0.05, 0.1) is 24.8 Å². The molecule has 2 N–H and O–H groups in total. The van der Waals surface area contributed by atoms with Gasteiger partial charge in [-0.25, -0.2) is 8.42 Å². The van der Waals surface area contributed by atoms with E-state index in [0.717, 1.165) is 0 Å². The van der Waals surface area contributed by atoms with Crippen molar-refractivity contribution in [3.8, 4) is 11.5 Å². The summed E-state index contributed by atoms with van der Waals surface area (Å²) in [5.74, 6) is 0.318. The number of methoxy groups -OCH3 is 2. The average Bonchev–Trinajstić information content (AvgIpc) is 3.22. The molecule has 1 aromatic heterocycles. The Morgan fingerprint density at radius 1 is 0.964 bits per heavy atom. The van der Waals surface area contributed by atoms with Gasteiger partial charge in [-0.2, -0.15) is 0 Å². The average molecular weight is 418 g/mol. The smallest absolute Gasteiger partial charge is 0.265 e. The van der Waals surface area contributed by atoms with Gasteiger partial charge in [-0.05, 0) is 41.8 Å². The van der Waals surface area contributed by atoms with Crippen molar-refractivity contribution in [3.05, 3.63) is 64.9 Å². The highest BCUT2D eigenvalue weighted by Gasteiger charge is 2.21. The standard InChI is InChI=1S/C19H18N2O5S2/c1-25-15-8-9-16(26-2)18(12-15)28(23,24)21-14-6-3-5-13(11-14)20-19(22)17-7-4-10-27-17/h3-12,21H,1-2H3,(H,20,22). The summed E-state index contributed by atoms with van der Waals surface area (Å²) in [6.07, 6.45) is 0. The largest absolute Gasteiger partial charge is 0.497 e. The minimum atomic E-state index is -3.94. The number of hydrogen-bond acceptors (Lipinski definition) is 6. The molecule has 1 heterocycles. The number of carbonyl (C=O) groups is 1. The summed E-state index contributed by atoms with van der Waals surface area (Å²) in [5, 5.41) is 4.55. The molecular formula is C19H18N2O5S2. The zero-order valence-electron chi connectivity index (χ0n) is 15.1. The zero-order valence-corrected chi connectivity index (χ0v) is 16.8. The van der Waals surface area contributed by atoms with Gasteiger partial charge in [0.25, 0.3) is 15.9 Å². The van der Waals surface area contributed by atoms with E-state index in [1.54, 1.807) is 41.8 Å². The molecule has 3 aromatic rings. The molecule has 9 heteroatoms. The van der Waals surface area contributed by atoms with Gasteiger partial charge in [0, 0.05) is 11.8 Å². The van der Waals surface area contributed by atoms with E-state index >= 15 is 0 Å². The number of sulfonamides is 1. The third-order valence-corrected chi connectivity index (χ3v) is 6.05. The predicted octanol–water partition coefficient (Wildman–Crippen LogP) is 3.82. The van der Waals surface area contributed by atoms with E-state index in [2.05, 4.69) is 10.0 Å². The van der Waals surface area contributed by atoms with Gasteiger partial charge in [0.1, 0.15) is 16.4 Å². The number of ether oxygens (including phenoxy) is 2. The van der Waals surface area contributed by atoms with Crippen LogP contribution in [0.3, 0.4) is 0 Å². The normalized spacial score (nSPS) is 10.9. The molecule has 3 rings (SSSR count). The Balaban J connectivity index is 1.84. The predicted molar refractivity (Wildman–Crippen MR) is 109 cm³/mol. The quantitative estimate of drug-likeness (QED) is 0.608. The van der Waals surface area contributed by atoms with Crippen LogP contribution in [0, 0.1) is 0 Å². The monoisotopic (exact) mass is 418 g/mol. The fourth-order valence-corrected chi connectivity index (χ4v) is 4.32. The van der Waals surface area contributed by atoms with E-state index < -0.39 is 10.0 Å². The molecule has 7 nitrogen and oxygen atoms in total. The summed E-state index contributed by atoms with van der Waals surface area (Å²) in [5.41, 5.74) is 0.769. The van der Waals surface area contributed by atoms with Crippen molar-refractivity contribution in [1.82, 2.24) is 0 Å². The second-order valence-electron chi connectivity index (χ2n) is 5.63. The lowest BCUT2D eigenvalue weighted by atomic mass is 10.3. The summed E-state index contributed by atoms with van der Waals surface area (Å²) >= 11 is 1.32. The van der Waals surface area contributed by atoms with Gasteiger partial charge in [-0.15, -0.1) is 11.3 Å². The maximum Gasteiger partial charge on any atom is 0.265 e. The fourth-order valence-electron chi connectivity index (χ4n) is 2.47. The molecule has 28 heavy (non-hydrogen) atoms. The number of thiophene rings is 1. The van der Waals surface area contributed by atoms with Crippen LogP contribution in [0.5, 0.6) is 11.5 Å². The number of carbonyl (C=O) groups excluding carboxylic acids is 1. The molecule has 2 aromatic carbocycles. The summed E-state index contributed by atoms with van der Waals surface area (Å²) in [4.78, 5) is 12.7. The van der Waals surface area contributed by atoms with Crippen molar-refractivity contribution in [2.24, 2.45) is 0 Å². The Labute approximate surface area is 167 Å². The van der Waals surface area contributed by atoms with Crippen molar-refractivity contribution in [3.63, 3.8) is 0 Å². The summed E-state index contributed by atoms with van der Waals surface area (Å²) in [6, 6.07) is 14.4. The lowest BCUT2D eigenvalue weighted by molar-refractivity contribution is 0.103. The summed E-state index contributed by atoms with van der Waals surface area (Å²) in [6.45, 7) is 0. The molecule has 146 valence electrons. The summed E-state index contributed by atoms with van der Waals surface area (Å²) < 4.78 is 38.4. The molecule has 0 unspecified atom stereocenters. The first kappa shape index (κ1) is 19.7. The molecule has 0 bridgehead atoms. The van der Waals surface area contributed by atoms with Crippen molar-refractivity contribution in [2.45, 2.75) is 4.90 Å². The first-order valence-corrected chi connectivity index (χ1v) is 10.5. The lowest BCUT2D eigenvalue weighted by Gasteiger charge is -2.13. The molecule has 0 radical (unpaired) electrons. The van der Waals surface area contributed by atoms with Crippen molar-refractivity contribution < 1.29 is 22.7 Å². The maximum absolute atomic E-state index is 12.8. The number of benzene rings is 2. The van der Waals surface area contributed by atoms with Crippen LogP contribution in [0.1, 0.15) is 9.67 Å². The highest BCUT2D eigenvalue weighted by molar-refractivity contribution is 7.92. The molecule has 0 fully saturated rings. The van der Waals surface area contributed by atoms with Crippen LogP contribution in [0.15, 0.2) is 64.9 Å². The van der Waals surface area contributed by atoms with Crippen LogP contribution in [0.4, 0.5) is 11.4 Å². The van der Waals surface area contributed by atoms with E-state index in [4.69, 9.17) is 9.47 Å². The maximum atomic E-state index is 12.8. The number of nitrogens with one attached hydrogen (secondary N) is 2. The Hall–Kier alpha value is -3.04. The number of hydrogen-bond donors (Lipinski definition) is 2. The van der Waals surface area contributed by atoms with Gasteiger partial charge in [0.2, 0.25) is 0 Å². The van der Waals surface area contributed by atoms with Crippen molar-refractivity contribution in [1.29, 1.82) is 0 Å². The van der Waals surface area contributed by atoms with Crippen LogP contribution in [-0.4, -0.2) is 28.5 Å². The number of amides is 1. The molecule has 0 aliphatic rings. The molecule has 0 aliphatic carbocycles. The first-order chi connectivity index (χ1) is 13.4. The van der Waals surface area contributed by atoms with Crippen LogP contribution in [0.25, 0.3) is 0 Å². The van der Waals surface area contributed by atoms with Gasteiger partial charge in [-0.1, -0.05) is 12.1 Å². The Bertz CT molecular complexity index is 1080. The highest BCUT2D eigenvalue weighted by atomic mass is 32.2. The van der Waals surface area contributed by atoms with E-state index in [9.17, 15) is 13.2 Å². The molecule has 0 saturated carbocycles. The molecule has 0 spiro atoms. The SMILES string of the molecule is COc1ccc(OC)c(S(=O)(=O)Nc2cccc(NC(=O)c3cccs3)c2)c1.